The van der Waals surface area contributed by atoms with E-state index in [-0.39, 0.29) is 24.8 Å². The van der Waals surface area contributed by atoms with Crippen molar-refractivity contribution in [3.05, 3.63) is 83.0 Å². The molecule has 6 nitrogen and oxygen atoms in total. The van der Waals surface area contributed by atoms with Crippen LogP contribution >= 0.6 is 11.6 Å². The highest BCUT2D eigenvalue weighted by atomic mass is 35.5. The van der Waals surface area contributed by atoms with Gasteiger partial charge in [0.05, 0.1) is 12.1 Å². The van der Waals surface area contributed by atoms with Crippen molar-refractivity contribution in [2.24, 2.45) is 4.99 Å². The minimum Gasteiger partial charge on any atom is -0.325 e. The third kappa shape index (κ3) is 4.86. The normalized spacial score (nSPS) is 13.4. The highest BCUT2D eigenvalue weighted by Gasteiger charge is 2.27. The average Bonchev–Trinajstić information content (AvgIpc) is 2.90. The Morgan fingerprint density at radius 1 is 1.12 bits per heavy atom. The summed E-state index contributed by atoms with van der Waals surface area (Å²) >= 11 is 6.13. The van der Waals surface area contributed by atoms with Crippen LogP contribution in [0, 0.1) is 0 Å². The van der Waals surface area contributed by atoms with E-state index in [9.17, 15) is 9.59 Å². The van der Waals surface area contributed by atoms with Crippen LogP contribution in [0.3, 0.4) is 0 Å². The number of carbonyl (C=O) groups excluding carboxylic acids is 2. The number of nitrogens with one attached hydrogen (secondary N) is 1. The fraction of sp³-hybridized carbons (Fsp3) is 0.200. The minimum atomic E-state index is -0.304. The van der Waals surface area contributed by atoms with Crippen molar-refractivity contribution in [3.8, 4) is 0 Å². The third-order valence-electron chi connectivity index (χ3n) is 5.19. The molecule has 0 atom stereocenters. The Morgan fingerprint density at radius 3 is 2.72 bits per heavy atom. The van der Waals surface area contributed by atoms with Gasteiger partial charge in [-0.1, -0.05) is 49.7 Å². The number of fused-ring (bicyclic) bond motifs is 1. The Labute approximate surface area is 192 Å². The fourth-order valence-corrected chi connectivity index (χ4v) is 3.73. The van der Waals surface area contributed by atoms with E-state index in [1.54, 1.807) is 30.5 Å². The molecular formula is C25H23ClN4O2. The van der Waals surface area contributed by atoms with Crippen LogP contribution in [0.25, 0.3) is 0 Å². The second-order valence-corrected chi connectivity index (χ2v) is 8.34. The number of pyridine rings is 1. The summed E-state index contributed by atoms with van der Waals surface area (Å²) in [7, 11) is 0. The Hall–Kier alpha value is -3.51. The first-order valence-corrected chi connectivity index (χ1v) is 10.8. The van der Waals surface area contributed by atoms with Crippen molar-refractivity contribution >= 4 is 46.3 Å². The van der Waals surface area contributed by atoms with Crippen LogP contribution in [-0.2, 0) is 9.59 Å². The molecule has 2 aromatic carbocycles. The van der Waals surface area contributed by atoms with Crippen LogP contribution in [-0.4, -0.2) is 29.1 Å². The first-order chi connectivity index (χ1) is 15.4. The molecule has 0 spiro atoms. The number of benzene rings is 2. The summed E-state index contributed by atoms with van der Waals surface area (Å²) in [5, 5.41) is 3.45. The predicted octanol–water partition coefficient (Wildman–Crippen LogP) is 5.35. The molecule has 0 radical (unpaired) electrons. The minimum absolute atomic E-state index is 0.0345. The number of hydrogen-bond donors (Lipinski definition) is 1. The lowest BCUT2D eigenvalue weighted by Crippen LogP contribution is -2.39. The molecule has 1 aromatic heterocycles. The van der Waals surface area contributed by atoms with E-state index in [4.69, 9.17) is 11.6 Å². The Morgan fingerprint density at radius 2 is 1.94 bits per heavy atom. The zero-order chi connectivity index (χ0) is 22.7. The van der Waals surface area contributed by atoms with Gasteiger partial charge in [0.15, 0.2) is 5.82 Å². The van der Waals surface area contributed by atoms with E-state index < -0.39 is 0 Å². The van der Waals surface area contributed by atoms with Gasteiger partial charge < -0.3 is 5.32 Å². The van der Waals surface area contributed by atoms with Gasteiger partial charge in [-0.15, -0.1) is 0 Å². The van der Waals surface area contributed by atoms with Gasteiger partial charge >= 0.3 is 0 Å². The summed E-state index contributed by atoms with van der Waals surface area (Å²) in [4.78, 5) is 36.4. The molecule has 3 aromatic rings. The summed E-state index contributed by atoms with van der Waals surface area (Å²) in [6, 6.07) is 18.5. The molecule has 0 bridgehead atoms. The second kappa shape index (κ2) is 9.32. The topological polar surface area (TPSA) is 74.7 Å². The van der Waals surface area contributed by atoms with Crippen molar-refractivity contribution in [1.82, 2.24) is 4.98 Å². The van der Waals surface area contributed by atoms with E-state index in [1.165, 1.54) is 4.90 Å². The number of nitrogens with zero attached hydrogens (tertiary/aromatic N) is 3. The van der Waals surface area contributed by atoms with Gasteiger partial charge in [0.25, 0.3) is 0 Å². The van der Waals surface area contributed by atoms with Crippen LogP contribution < -0.4 is 10.2 Å². The highest BCUT2D eigenvalue weighted by Crippen LogP contribution is 2.31. The van der Waals surface area contributed by atoms with Crippen LogP contribution in [0.4, 0.5) is 17.2 Å². The van der Waals surface area contributed by atoms with Crippen molar-refractivity contribution in [1.29, 1.82) is 0 Å². The maximum atomic E-state index is 13.2. The van der Waals surface area contributed by atoms with Gasteiger partial charge in [0, 0.05) is 16.9 Å². The number of carbonyl (C=O) groups is 2. The van der Waals surface area contributed by atoms with Crippen molar-refractivity contribution < 1.29 is 9.59 Å². The average molecular weight is 447 g/mol. The molecule has 0 unspecified atom stereocenters. The summed E-state index contributed by atoms with van der Waals surface area (Å²) in [6.07, 6.45) is 1.62. The zero-order valence-electron chi connectivity index (χ0n) is 17.9. The molecule has 0 saturated carbocycles. The Kier molecular flexibility index (Phi) is 6.32. The Balaban J connectivity index is 1.59. The van der Waals surface area contributed by atoms with Gasteiger partial charge in [-0.05, 0) is 53.4 Å². The number of rotatable bonds is 5. The van der Waals surface area contributed by atoms with Gasteiger partial charge in [-0.2, -0.15) is 0 Å². The first kappa shape index (κ1) is 21.7. The van der Waals surface area contributed by atoms with Gasteiger partial charge in [-0.3, -0.25) is 14.5 Å². The van der Waals surface area contributed by atoms with Gasteiger partial charge in [-0.25, -0.2) is 9.98 Å². The van der Waals surface area contributed by atoms with E-state index in [2.05, 4.69) is 29.1 Å². The molecule has 2 amide bonds. The number of aliphatic imine (C=N–C) groups is 1. The van der Waals surface area contributed by atoms with Crippen LogP contribution in [0.1, 0.15) is 37.3 Å². The number of hydrogen-bond acceptors (Lipinski definition) is 4. The molecule has 1 aliphatic heterocycles. The molecule has 1 N–H and O–H groups in total. The summed E-state index contributed by atoms with van der Waals surface area (Å²) in [6.45, 7) is 4.03. The van der Waals surface area contributed by atoms with Crippen molar-refractivity contribution in [2.45, 2.75) is 26.2 Å². The van der Waals surface area contributed by atoms with E-state index >= 15 is 0 Å². The second-order valence-electron chi connectivity index (χ2n) is 7.90. The molecule has 32 heavy (non-hydrogen) atoms. The van der Waals surface area contributed by atoms with E-state index in [0.717, 1.165) is 11.1 Å². The van der Waals surface area contributed by atoms with Crippen molar-refractivity contribution in [3.63, 3.8) is 0 Å². The van der Waals surface area contributed by atoms with Crippen LogP contribution in [0.2, 0.25) is 5.02 Å². The van der Waals surface area contributed by atoms with E-state index in [1.807, 2.05) is 36.4 Å². The maximum Gasteiger partial charge on any atom is 0.244 e. The van der Waals surface area contributed by atoms with Gasteiger partial charge in [0.2, 0.25) is 11.8 Å². The quantitative estimate of drug-likeness (QED) is 0.573. The standard InChI is InChI=1S/C25H23ClN4O2/c1-16(2)17-6-4-9-20(13-17)28-23(31)15-30-24(32)14-22(18-7-3-8-19(26)12-18)29-21-10-5-11-27-25(21)30/h3-13,16H,14-15H2,1-2H3,(H,28,31). The van der Waals surface area contributed by atoms with Crippen LogP contribution in [0.5, 0.6) is 0 Å². The molecule has 1 aliphatic rings. The number of amides is 2. The molecule has 7 heteroatoms. The summed E-state index contributed by atoms with van der Waals surface area (Å²) in [5.74, 6) is 0.145. The number of anilines is 2. The highest BCUT2D eigenvalue weighted by molar-refractivity contribution is 6.31. The predicted molar refractivity (Wildman–Crippen MR) is 128 cm³/mol. The number of halogens is 1. The lowest BCUT2D eigenvalue weighted by molar-refractivity contribution is -0.120. The third-order valence-corrected chi connectivity index (χ3v) is 5.43. The Bertz CT molecular complexity index is 1210. The monoisotopic (exact) mass is 446 g/mol. The zero-order valence-corrected chi connectivity index (χ0v) is 18.6. The lowest BCUT2D eigenvalue weighted by Gasteiger charge is -2.20. The van der Waals surface area contributed by atoms with Crippen LogP contribution in [0.15, 0.2) is 71.9 Å². The molecule has 0 fully saturated rings. The SMILES string of the molecule is CC(C)c1cccc(NC(=O)CN2C(=O)CC(c3cccc(Cl)c3)=Nc3cccnc32)c1. The smallest absolute Gasteiger partial charge is 0.244 e. The maximum absolute atomic E-state index is 13.2. The summed E-state index contributed by atoms with van der Waals surface area (Å²) < 4.78 is 0. The lowest BCUT2D eigenvalue weighted by atomic mass is 10.0. The molecule has 0 aliphatic carbocycles. The van der Waals surface area contributed by atoms with E-state index in [0.29, 0.717) is 33.8 Å². The first-order valence-electron chi connectivity index (χ1n) is 10.4. The molecular weight excluding hydrogens is 424 g/mol. The number of aromatic nitrogens is 1. The molecule has 0 saturated heterocycles. The largest absolute Gasteiger partial charge is 0.325 e. The molecule has 162 valence electrons. The summed E-state index contributed by atoms with van der Waals surface area (Å²) in [5.41, 5.74) is 3.69. The molecule has 4 rings (SSSR count). The van der Waals surface area contributed by atoms with Crippen molar-refractivity contribution in [2.75, 3.05) is 16.8 Å². The fourth-order valence-electron chi connectivity index (χ4n) is 3.54. The van der Waals surface area contributed by atoms with Gasteiger partial charge in [0.1, 0.15) is 12.2 Å². The molecule has 2 heterocycles.